The number of hydrogen-bond acceptors (Lipinski definition) is 6. The van der Waals surface area contributed by atoms with Gasteiger partial charge in [-0.3, -0.25) is 4.79 Å². The molecular formula is C24H24Cl2FN5O2. The van der Waals surface area contributed by atoms with E-state index in [2.05, 4.69) is 14.9 Å². The second-order valence-corrected chi connectivity index (χ2v) is 8.83. The number of hydrogen-bond donors (Lipinski definition) is 1. The molecule has 1 saturated heterocycles. The number of benzene rings is 2. The summed E-state index contributed by atoms with van der Waals surface area (Å²) in [5, 5.41) is 0.315. The van der Waals surface area contributed by atoms with Crippen molar-refractivity contribution in [1.82, 2.24) is 19.8 Å². The third-order valence-corrected chi connectivity index (χ3v) is 6.46. The van der Waals surface area contributed by atoms with E-state index in [-0.39, 0.29) is 35.7 Å². The predicted molar refractivity (Wildman–Crippen MR) is 131 cm³/mol. The van der Waals surface area contributed by atoms with Gasteiger partial charge in [0.25, 0.3) is 11.8 Å². The maximum Gasteiger partial charge on any atom is 0.257 e. The summed E-state index contributed by atoms with van der Waals surface area (Å²) in [7, 11) is 2.04. The summed E-state index contributed by atoms with van der Waals surface area (Å²) in [6.07, 6.45) is 1.79. The summed E-state index contributed by atoms with van der Waals surface area (Å²) in [4.78, 5) is 25.7. The molecule has 178 valence electrons. The molecule has 1 aromatic heterocycles. The molecule has 0 radical (unpaired) electrons. The van der Waals surface area contributed by atoms with Crippen LogP contribution in [0.4, 0.5) is 10.2 Å². The molecule has 0 saturated carbocycles. The van der Waals surface area contributed by atoms with Gasteiger partial charge in [-0.15, -0.1) is 0 Å². The van der Waals surface area contributed by atoms with Gasteiger partial charge in [-0.1, -0.05) is 35.3 Å². The molecule has 1 amide bonds. The Morgan fingerprint density at radius 1 is 1.18 bits per heavy atom. The van der Waals surface area contributed by atoms with E-state index < -0.39 is 5.82 Å². The molecule has 7 nitrogen and oxygen atoms in total. The Hall–Kier alpha value is -2.94. The molecule has 1 aliphatic rings. The van der Waals surface area contributed by atoms with E-state index >= 15 is 0 Å². The van der Waals surface area contributed by atoms with Crippen molar-refractivity contribution in [3.8, 4) is 17.1 Å². The van der Waals surface area contributed by atoms with Crippen LogP contribution in [0.5, 0.6) is 5.88 Å². The van der Waals surface area contributed by atoms with E-state index in [4.69, 9.17) is 33.7 Å². The number of nitrogens with two attached hydrogens (primary N) is 1. The van der Waals surface area contributed by atoms with Crippen LogP contribution in [-0.4, -0.2) is 65.5 Å². The Labute approximate surface area is 207 Å². The highest BCUT2D eigenvalue weighted by molar-refractivity contribution is 6.36. The lowest BCUT2D eigenvalue weighted by atomic mass is 10.1. The highest BCUT2D eigenvalue weighted by atomic mass is 35.5. The maximum absolute atomic E-state index is 13.7. The average molecular weight is 504 g/mol. The molecular weight excluding hydrogens is 480 g/mol. The largest absolute Gasteiger partial charge is 0.475 e. The lowest BCUT2D eigenvalue weighted by molar-refractivity contribution is 0.0664. The molecule has 0 spiro atoms. The van der Waals surface area contributed by atoms with Gasteiger partial charge in [0.2, 0.25) is 0 Å². The summed E-state index contributed by atoms with van der Waals surface area (Å²) in [5.74, 6) is -0.311. The summed E-state index contributed by atoms with van der Waals surface area (Å²) in [6.45, 7) is 3.20. The Morgan fingerprint density at radius 2 is 1.94 bits per heavy atom. The average Bonchev–Trinajstić information content (AvgIpc) is 2.85. The number of anilines is 1. The standard InChI is InChI=1S/C24H24Cl2FN5O2/c1-31-8-10-32(11-9-31)24(33)16-4-2-3-15(13-16)20-14-29-22(28)23(30-20)34-12-7-17-18(25)5-6-19(27)21(17)26/h2-6,13-14H,7-12H2,1H3,(H2,28,29). The number of amides is 1. The number of nitrogen functional groups attached to an aromatic ring is 1. The Bertz CT molecular complexity index is 1200. The first-order valence-electron chi connectivity index (χ1n) is 10.8. The van der Waals surface area contributed by atoms with Gasteiger partial charge in [0.15, 0.2) is 5.82 Å². The summed E-state index contributed by atoms with van der Waals surface area (Å²) in [6, 6.07) is 9.89. The van der Waals surface area contributed by atoms with Gasteiger partial charge in [0, 0.05) is 48.7 Å². The predicted octanol–water partition coefficient (Wildman–Crippen LogP) is 4.18. The lowest BCUT2D eigenvalue weighted by Crippen LogP contribution is -2.47. The molecule has 2 N–H and O–H groups in total. The van der Waals surface area contributed by atoms with Crippen LogP contribution in [-0.2, 0) is 6.42 Å². The number of piperazine rings is 1. The van der Waals surface area contributed by atoms with Gasteiger partial charge in [-0.2, -0.15) is 0 Å². The molecule has 1 aliphatic heterocycles. The number of nitrogens with zero attached hydrogens (tertiary/aromatic N) is 4. The van der Waals surface area contributed by atoms with Crippen LogP contribution in [0.3, 0.4) is 0 Å². The van der Waals surface area contributed by atoms with Crippen molar-refractivity contribution < 1.29 is 13.9 Å². The molecule has 34 heavy (non-hydrogen) atoms. The first-order valence-corrected chi connectivity index (χ1v) is 11.5. The van der Waals surface area contributed by atoms with Gasteiger partial charge in [-0.25, -0.2) is 14.4 Å². The topological polar surface area (TPSA) is 84.6 Å². The van der Waals surface area contributed by atoms with E-state index in [9.17, 15) is 9.18 Å². The number of likely N-dealkylation sites (N-methyl/N-ethyl adjacent to an activating group) is 1. The van der Waals surface area contributed by atoms with Gasteiger partial charge >= 0.3 is 0 Å². The van der Waals surface area contributed by atoms with Crippen LogP contribution in [0.15, 0.2) is 42.6 Å². The monoisotopic (exact) mass is 503 g/mol. The van der Waals surface area contributed by atoms with Gasteiger partial charge in [0.1, 0.15) is 5.82 Å². The molecule has 2 aromatic carbocycles. The summed E-state index contributed by atoms with van der Waals surface area (Å²) < 4.78 is 19.5. The maximum atomic E-state index is 13.7. The molecule has 0 unspecified atom stereocenters. The molecule has 2 heterocycles. The SMILES string of the molecule is CN1CCN(C(=O)c2cccc(-c3cnc(N)c(OCCc4c(Cl)ccc(F)c4Cl)n3)c2)CC1. The van der Waals surface area contributed by atoms with E-state index in [0.29, 0.717) is 40.5 Å². The quantitative estimate of drug-likeness (QED) is 0.507. The van der Waals surface area contributed by atoms with Crippen molar-refractivity contribution in [1.29, 1.82) is 0 Å². The van der Waals surface area contributed by atoms with Crippen LogP contribution in [0, 0.1) is 5.82 Å². The van der Waals surface area contributed by atoms with Crippen molar-refractivity contribution >= 4 is 34.9 Å². The van der Waals surface area contributed by atoms with Crippen molar-refractivity contribution in [2.24, 2.45) is 0 Å². The minimum absolute atomic E-state index is 0.0151. The van der Waals surface area contributed by atoms with Crippen LogP contribution < -0.4 is 10.5 Å². The van der Waals surface area contributed by atoms with Crippen LogP contribution >= 0.6 is 23.2 Å². The van der Waals surface area contributed by atoms with Crippen molar-refractivity contribution in [3.63, 3.8) is 0 Å². The lowest BCUT2D eigenvalue weighted by Gasteiger charge is -2.32. The zero-order valence-corrected chi connectivity index (χ0v) is 20.1. The molecule has 10 heteroatoms. The fraction of sp³-hybridized carbons (Fsp3) is 0.292. The van der Waals surface area contributed by atoms with Gasteiger partial charge in [-0.05, 0) is 36.9 Å². The number of carbonyl (C=O) groups is 1. The van der Waals surface area contributed by atoms with Gasteiger partial charge < -0.3 is 20.3 Å². The zero-order valence-electron chi connectivity index (χ0n) is 18.6. The van der Waals surface area contributed by atoms with Crippen LogP contribution in [0.25, 0.3) is 11.3 Å². The number of aromatic nitrogens is 2. The van der Waals surface area contributed by atoms with Gasteiger partial charge in [0.05, 0.1) is 23.5 Å². The third kappa shape index (κ3) is 5.41. The molecule has 4 rings (SSSR count). The highest BCUT2D eigenvalue weighted by Crippen LogP contribution is 2.29. The minimum Gasteiger partial charge on any atom is -0.475 e. The zero-order chi connectivity index (χ0) is 24.2. The summed E-state index contributed by atoms with van der Waals surface area (Å²) >= 11 is 12.2. The van der Waals surface area contributed by atoms with Crippen LogP contribution in [0.1, 0.15) is 15.9 Å². The van der Waals surface area contributed by atoms with E-state index in [0.717, 1.165) is 13.1 Å². The minimum atomic E-state index is -0.548. The Balaban J connectivity index is 1.48. The smallest absolute Gasteiger partial charge is 0.257 e. The van der Waals surface area contributed by atoms with E-state index in [1.165, 1.54) is 18.3 Å². The highest BCUT2D eigenvalue weighted by Gasteiger charge is 2.21. The van der Waals surface area contributed by atoms with E-state index in [1.807, 2.05) is 24.1 Å². The molecule has 0 atom stereocenters. The molecule has 3 aromatic rings. The Morgan fingerprint density at radius 3 is 2.71 bits per heavy atom. The molecule has 0 aliphatic carbocycles. The Kier molecular flexibility index (Phi) is 7.50. The second-order valence-electron chi connectivity index (χ2n) is 8.04. The molecule has 0 bridgehead atoms. The number of carbonyl (C=O) groups excluding carboxylic acids is 1. The van der Waals surface area contributed by atoms with Crippen molar-refractivity contribution in [2.45, 2.75) is 6.42 Å². The van der Waals surface area contributed by atoms with Crippen LogP contribution in [0.2, 0.25) is 10.0 Å². The first kappa shape index (κ1) is 24.2. The second kappa shape index (κ2) is 10.5. The summed E-state index contributed by atoms with van der Waals surface area (Å²) in [5.41, 5.74) is 8.20. The van der Waals surface area contributed by atoms with E-state index in [1.54, 1.807) is 12.1 Å². The molecule has 1 fully saturated rings. The third-order valence-electron chi connectivity index (χ3n) is 5.69. The fourth-order valence-corrected chi connectivity index (χ4v) is 4.24. The first-order chi connectivity index (χ1) is 16.3. The number of rotatable bonds is 6. The number of ether oxygens (including phenoxy) is 1. The number of halogens is 3. The van der Waals surface area contributed by atoms with Crippen molar-refractivity contribution in [2.75, 3.05) is 45.6 Å². The normalized spacial score (nSPS) is 14.3. The van der Waals surface area contributed by atoms with Crippen molar-refractivity contribution in [3.05, 3.63) is 69.6 Å². The fourth-order valence-electron chi connectivity index (χ4n) is 3.68.